The average Bonchev–Trinajstić information content (AvgIpc) is 2.97. The molecule has 2 atom stereocenters. The van der Waals surface area contributed by atoms with E-state index in [4.69, 9.17) is 15.6 Å². The molecule has 3 rings (SSSR count). The van der Waals surface area contributed by atoms with Crippen LogP contribution in [0, 0.1) is 27.9 Å². The Labute approximate surface area is 252 Å². The van der Waals surface area contributed by atoms with E-state index < -0.39 is 22.2 Å². The number of pyridine rings is 1. The van der Waals surface area contributed by atoms with Gasteiger partial charge in [-0.05, 0) is 70.9 Å². The summed E-state index contributed by atoms with van der Waals surface area (Å²) in [4.78, 5) is 26.5. The lowest BCUT2D eigenvalue weighted by Crippen LogP contribution is -2.53. The van der Waals surface area contributed by atoms with Crippen molar-refractivity contribution < 1.29 is 14.2 Å². The lowest BCUT2D eigenvalue weighted by Gasteiger charge is -2.43. The van der Waals surface area contributed by atoms with Crippen molar-refractivity contribution in [3.63, 3.8) is 0 Å². The van der Waals surface area contributed by atoms with Crippen LogP contribution in [0.2, 0.25) is 0 Å². The number of likely N-dealkylation sites (N-methyl/N-ethyl adjacent to an activating group) is 1. The van der Waals surface area contributed by atoms with Gasteiger partial charge in [0.2, 0.25) is 0 Å². The van der Waals surface area contributed by atoms with Gasteiger partial charge in [-0.15, -0.1) is 0 Å². The molecule has 0 aliphatic rings. The molecule has 5 N–H and O–H groups in total. The van der Waals surface area contributed by atoms with Gasteiger partial charge in [-0.2, -0.15) is 0 Å². The number of anilines is 3. The Morgan fingerprint density at radius 3 is 2.49 bits per heavy atom. The normalized spacial score (nSPS) is 13.1. The highest BCUT2D eigenvalue weighted by molar-refractivity contribution is 6.02. The number of aromatic nitrogens is 3. The van der Waals surface area contributed by atoms with Crippen molar-refractivity contribution in [1.82, 2.24) is 15.0 Å². The Bertz CT molecular complexity index is 1580. The number of hydroxylamine groups is 3. The predicted molar refractivity (Wildman–Crippen MR) is 171 cm³/mol. The molecule has 0 saturated heterocycles. The molecule has 1 aromatic carbocycles. The van der Waals surface area contributed by atoms with E-state index in [1.807, 2.05) is 32.9 Å². The highest BCUT2D eigenvalue weighted by Crippen LogP contribution is 2.30. The molecule has 0 bridgehead atoms. The van der Waals surface area contributed by atoms with Gasteiger partial charge in [-0.25, -0.2) is 15.0 Å². The minimum absolute atomic E-state index is 0.176. The topological polar surface area (TPSA) is 172 Å². The molecule has 2 aromatic heterocycles. The van der Waals surface area contributed by atoms with Crippen molar-refractivity contribution in [2.75, 3.05) is 43.8 Å². The number of quaternary nitrogens is 1. The van der Waals surface area contributed by atoms with Crippen LogP contribution in [0.25, 0.3) is 11.3 Å². The lowest BCUT2D eigenvalue weighted by molar-refractivity contribution is -0.896. The number of amides is 1. The number of hydrogen-bond donors (Lipinski definition) is 5. The highest BCUT2D eigenvalue weighted by atomic mass is 16.6. The zero-order valence-electron chi connectivity index (χ0n) is 25.8. The maximum atomic E-state index is 13.3. The summed E-state index contributed by atoms with van der Waals surface area (Å²) in [6.07, 6.45) is 2.62. The minimum atomic E-state index is -1.01. The number of carbonyl (C=O) groups is 1. The standard InChI is InChI=1S/C31H39N9O3/c1-19(33)27-29(35-7)28(37-17-36-27)22-14-24(11-9-21-10-12-25(34-6)23(13-21)16-32)38-26(15-22)39-30(41)20(2)40(8,42)18-43-31(3,4)5/h10,12-17,20,32-35H,18H2,1-8H3,(H,38,39,41). The van der Waals surface area contributed by atoms with Crippen LogP contribution >= 0.6 is 0 Å². The minimum Gasteiger partial charge on any atom is -0.631 e. The summed E-state index contributed by atoms with van der Waals surface area (Å²) in [5, 5.41) is 37.9. The Hall–Kier alpha value is -4.70. The fourth-order valence-electron chi connectivity index (χ4n) is 3.96. The van der Waals surface area contributed by atoms with Gasteiger partial charge < -0.3 is 41.4 Å². The van der Waals surface area contributed by atoms with E-state index in [-0.39, 0.29) is 18.3 Å². The second-order valence-corrected chi connectivity index (χ2v) is 11.1. The van der Waals surface area contributed by atoms with Crippen LogP contribution in [0.15, 0.2) is 36.7 Å². The zero-order valence-corrected chi connectivity index (χ0v) is 25.8. The van der Waals surface area contributed by atoms with Gasteiger partial charge in [-0.1, -0.05) is 5.92 Å². The molecular formula is C31H39N9O3. The van der Waals surface area contributed by atoms with Gasteiger partial charge in [0.15, 0.2) is 12.8 Å². The fraction of sp³-hybridized carbons (Fsp3) is 0.355. The van der Waals surface area contributed by atoms with Crippen molar-refractivity contribution in [3.8, 4) is 23.1 Å². The molecule has 0 aliphatic heterocycles. The molecule has 2 heterocycles. The Kier molecular flexibility index (Phi) is 10.3. The Balaban J connectivity index is 2.08. The summed E-state index contributed by atoms with van der Waals surface area (Å²) in [7, 11) is 4.88. The van der Waals surface area contributed by atoms with Crippen LogP contribution in [0.4, 0.5) is 17.2 Å². The summed E-state index contributed by atoms with van der Waals surface area (Å²) < 4.78 is 4.72. The van der Waals surface area contributed by atoms with E-state index in [9.17, 15) is 10.0 Å². The van der Waals surface area contributed by atoms with Crippen LogP contribution in [0.3, 0.4) is 0 Å². The highest BCUT2D eigenvalue weighted by Gasteiger charge is 2.30. The predicted octanol–water partition coefficient (Wildman–Crippen LogP) is 4.45. The summed E-state index contributed by atoms with van der Waals surface area (Å²) in [5.41, 5.74) is 4.22. The van der Waals surface area contributed by atoms with Gasteiger partial charge in [0.25, 0.3) is 5.91 Å². The average molecular weight is 586 g/mol. The number of benzene rings is 1. The number of nitrogens with one attached hydrogen (secondary N) is 5. The SMILES string of the molecule is CNc1ccc(C#Cc2cc(-c3ncnc(C(C)=N)c3NC)cc(NC(=O)C(C)[N+](C)([O-])COC(C)(C)C)n2)cc1C=N. The maximum Gasteiger partial charge on any atom is 0.283 e. The molecule has 12 nitrogen and oxygen atoms in total. The van der Waals surface area contributed by atoms with E-state index in [0.717, 1.165) is 5.69 Å². The van der Waals surface area contributed by atoms with Crippen molar-refractivity contribution in [3.05, 3.63) is 64.4 Å². The van der Waals surface area contributed by atoms with E-state index in [2.05, 4.69) is 42.7 Å². The van der Waals surface area contributed by atoms with Crippen molar-refractivity contribution >= 4 is 35.0 Å². The third-order valence-electron chi connectivity index (χ3n) is 6.57. The number of carbonyl (C=O) groups excluding carboxylic acids is 1. The van der Waals surface area contributed by atoms with E-state index in [1.54, 1.807) is 39.2 Å². The molecule has 0 spiro atoms. The summed E-state index contributed by atoms with van der Waals surface area (Å²) in [5.74, 6) is 5.76. The van der Waals surface area contributed by atoms with Crippen LogP contribution in [0.5, 0.6) is 0 Å². The molecule has 0 aliphatic carbocycles. The van der Waals surface area contributed by atoms with Crippen LogP contribution in [0.1, 0.15) is 57.1 Å². The third kappa shape index (κ3) is 8.42. The first-order chi connectivity index (χ1) is 20.2. The molecule has 0 radical (unpaired) electrons. The molecule has 12 heteroatoms. The number of ether oxygens (including phenoxy) is 1. The Morgan fingerprint density at radius 2 is 1.88 bits per heavy atom. The van der Waals surface area contributed by atoms with Crippen molar-refractivity contribution in [1.29, 1.82) is 10.8 Å². The zero-order chi connectivity index (χ0) is 31.9. The monoisotopic (exact) mass is 585 g/mol. The Morgan fingerprint density at radius 1 is 1.16 bits per heavy atom. The second kappa shape index (κ2) is 13.5. The first-order valence-corrected chi connectivity index (χ1v) is 13.6. The first-order valence-electron chi connectivity index (χ1n) is 13.6. The molecular weight excluding hydrogens is 546 g/mol. The summed E-state index contributed by atoms with van der Waals surface area (Å²) in [6, 6.07) is 7.81. The fourth-order valence-corrected chi connectivity index (χ4v) is 3.96. The van der Waals surface area contributed by atoms with Gasteiger partial charge >= 0.3 is 0 Å². The quantitative estimate of drug-likeness (QED) is 0.0763. The van der Waals surface area contributed by atoms with E-state index in [0.29, 0.717) is 39.5 Å². The molecule has 43 heavy (non-hydrogen) atoms. The number of nitrogens with zero attached hydrogens (tertiary/aromatic N) is 4. The smallest absolute Gasteiger partial charge is 0.283 e. The van der Waals surface area contributed by atoms with Gasteiger partial charge in [0.05, 0.1) is 29.7 Å². The van der Waals surface area contributed by atoms with Crippen molar-refractivity contribution in [2.45, 2.75) is 46.3 Å². The largest absolute Gasteiger partial charge is 0.631 e. The lowest BCUT2D eigenvalue weighted by atomic mass is 10.1. The number of hydrogen-bond acceptors (Lipinski definition) is 10. The van der Waals surface area contributed by atoms with Crippen LogP contribution in [-0.2, 0) is 9.53 Å². The third-order valence-corrected chi connectivity index (χ3v) is 6.57. The summed E-state index contributed by atoms with van der Waals surface area (Å²) >= 11 is 0. The molecule has 0 saturated carbocycles. The molecule has 226 valence electrons. The van der Waals surface area contributed by atoms with Crippen LogP contribution in [-0.4, -0.2) is 76.9 Å². The first kappa shape index (κ1) is 32.8. The van der Waals surface area contributed by atoms with Crippen molar-refractivity contribution in [2.24, 2.45) is 0 Å². The van der Waals surface area contributed by atoms with E-state index in [1.165, 1.54) is 26.5 Å². The maximum absolute atomic E-state index is 13.3. The molecule has 3 aromatic rings. The van der Waals surface area contributed by atoms with Gasteiger partial charge in [0.1, 0.15) is 23.5 Å². The second-order valence-electron chi connectivity index (χ2n) is 11.1. The molecule has 2 unspecified atom stereocenters. The van der Waals surface area contributed by atoms with E-state index >= 15 is 0 Å². The summed E-state index contributed by atoms with van der Waals surface area (Å²) in [6.45, 7) is 8.49. The molecule has 1 amide bonds. The van der Waals surface area contributed by atoms with Gasteiger partial charge in [-0.3, -0.25) is 4.79 Å². The van der Waals surface area contributed by atoms with Crippen LogP contribution < -0.4 is 16.0 Å². The number of rotatable bonds is 10. The molecule has 0 fully saturated rings. The van der Waals surface area contributed by atoms with Gasteiger partial charge in [0, 0.05) is 42.7 Å².